The third kappa shape index (κ3) is 4.74. The third-order valence-corrected chi connectivity index (χ3v) is 5.41. The fourth-order valence-corrected chi connectivity index (χ4v) is 3.54. The van der Waals surface area contributed by atoms with Gasteiger partial charge in [0.2, 0.25) is 5.88 Å². The van der Waals surface area contributed by atoms with E-state index in [-0.39, 0.29) is 11.9 Å². The Morgan fingerprint density at radius 2 is 1.88 bits per heavy atom. The summed E-state index contributed by atoms with van der Waals surface area (Å²) >= 11 is 0. The Morgan fingerprint density at radius 3 is 2.70 bits per heavy atom. The van der Waals surface area contributed by atoms with E-state index in [1.54, 1.807) is 36.7 Å². The number of rotatable bonds is 7. The van der Waals surface area contributed by atoms with Crippen LogP contribution in [0.25, 0.3) is 11.5 Å². The minimum Gasteiger partial charge on any atom is -0.439 e. The first kappa shape index (κ1) is 20.8. The SMILES string of the molecule is CC(C)n1cnnc1-c1cccc(NC(=O)c2cccc(Oc3cccc(C4CC4)n3)c2)n1. The van der Waals surface area contributed by atoms with Gasteiger partial charge in [0.15, 0.2) is 5.82 Å². The average molecular weight is 441 g/mol. The van der Waals surface area contributed by atoms with Gasteiger partial charge >= 0.3 is 0 Å². The Bertz CT molecular complexity index is 1300. The lowest BCUT2D eigenvalue weighted by Gasteiger charge is -2.11. The first-order chi connectivity index (χ1) is 16.1. The fraction of sp³-hybridized carbons (Fsp3) is 0.240. The smallest absolute Gasteiger partial charge is 0.256 e. The zero-order chi connectivity index (χ0) is 22.8. The molecular formula is C25H24N6O2. The molecule has 0 radical (unpaired) electrons. The number of hydrogen-bond donors (Lipinski definition) is 1. The number of carbonyl (C=O) groups excluding carboxylic acids is 1. The van der Waals surface area contributed by atoms with Crippen molar-refractivity contribution in [2.75, 3.05) is 5.32 Å². The van der Waals surface area contributed by atoms with E-state index in [1.165, 1.54) is 12.8 Å². The van der Waals surface area contributed by atoms with Crippen LogP contribution in [-0.2, 0) is 0 Å². The van der Waals surface area contributed by atoms with Gasteiger partial charge in [0.05, 0.1) is 0 Å². The van der Waals surface area contributed by atoms with Crippen LogP contribution in [0.1, 0.15) is 54.7 Å². The van der Waals surface area contributed by atoms with Crippen LogP contribution in [0.5, 0.6) is 11.6 Å². The second-order valence-corrected chi connectivity index (χ2v) is 8.32. The van der Waals surface area contributed by atoms with Crippen LogP contribution >= 0.6 is 0 Å². The number of carbonyl (C=O) groups is 1. The van der Waals surface area contributed by atoms with Gasteiger partial charge in [-0.05, 0) is 63.1 Å². The highest BCUT2D eigenvalue weighted by molar-refractivity contribution is 6.04. The molecule has 1 aliphatic rings. The minimum absolute atomic E-state index is 0.192. The van der Waals surface area contributed by atoms with Gasteiger partial charge in [0.25, 0.3) is 5.91 Å². The van der Waals surface area contributed by atoms with Gasteiger partial charge in [-0.15, -0.1) is 10.2 Å². The van der Waals surface area contributed by atoms with Crippen LogP contribution in [0, 0.1) is 0 Å². The van der Waals surface area contributed by atoms with Crippen molar-refractivity contribution in [3.05, 3.63) is 78.2 Å². The first-order valence-electron chi connectivity index (χ1n) is 11.0. The summed E-state index contributed by atoms with van der Waals surface area (Å²) in [4.78, 5) is 22.0. The zero-order valence-electron chi connectivity index (χ0n) is 18.5. The number of anilines is 1. The standard InChI is InChI=1S/C25H24N6O2/c1-16(2)31-15-26-30-24(31)21-9-4-10-22(27-21)29-25(32)18-6-3-7-19(14-18)33-23-11-5-8-20(28-23)17-12-13-17/h3-11,14-17H,12-13H2,1-2H3,(H,27,29,32). The Hall–Kier alpha value is -4.07. The van der Waals surface area contributed by atoms with E-state index >= 15 is 0 Å². The van der Waals surface area contributed by atoms with Gasteiger partial charge in [-0.1, -0.05) is 18.2 Å². The molecular weight excluding hydrogens is 416 g/mol. The number of amides is 1. The van der Waals surface area contributed by atoms with Crippen molar-refractivity contribution < 1.29 is 9.53 Å². The molecule has 0 saturated heterocycles. The number of pyridine rings is 2. The quantitative estimate of drug-likeness (QED) is 0.422. The van der Waals surface area contributed by atoms with E-state index in [2.05, 4.69) is 25.5 Å². The zero-order valence-corrected chi connectivity index (χ0v) is 18.5. The van der Waals surface area contributed by atoms with Gasteiger partial charge in [-0.25, -0.2) is 9.97 Å². The molecule has 0 spiro atoms. The van der Waals surface area contributed by atoms with Gasteiger partial charge in [0, 0.05) is 29.3 Å². The predicted molar refractivity (Wildman–Crippen MR) is 124 cm³/mol. The number of benzene rings is 1. The number of nitrogens with one attached hydrogen (secondary N) is 1. The maximum Gasteiger partial charge on any atom is 0.256 e. The molecule has 0 aliphatic heterocycles. The lowest BCUT2D eigenvalue weighted by Crippen LogP contribution is -2.13. The van der Waals surface area contributed by atoms with Crippen molar-refractivity contribution in [3.8, 4) is 23.1 Å². The lowest BCUT2D eigenvalue weighted by molar-refractivity contribution is 0.102. The van der Waals surface area contributed by atoms with E-state index < -0.39 is 0 Å². The largest absolute Gasteiger partial charge is 0.439 e. The van der Waals surface area contributed by atoms with Gasteiger partial charge in [0.1, 0.15) is 23.6 Å². The van der Waals surface area contributed by atoms with E-state index in [1.807, 2.05) is 48.7 Å². The molecule has 1 aromatic carbocycles. The molecule has 166 valence electrons. The van der Waals surface area contributed by atoms with Crippen LogP contribution < -0.4 is 10.1 Å². The predicted octanol–water partition coefficient (Wildman–Crippen LogP) is 5.24. The fourth-order valence-electron chi connectivity index (χ4n) is 3.54. The molecule has 8 heteroatoms. The minimum atomic E-state index is -0.282. The van der Waals surface area contributed by atoms with Crippen LogP contribution in [-0.4, -0.2) is 30.6 Å². The summed E-state index contributed by atoms with van der Waals surface area (Å²) in [6.45, 7) is 4.09. The van der Waals surface area contributed by atoms with Crippen LogP contribution in [0.3, 0.4) is 0 Å². The maximum absolute atomic E-state index is 12.9. The van der Waals surface area contributed by atoms with E-state index in [4.69, 9.17) is 4.74 Å². The van der Waals surface area contributed by atoms with Gasteiger partial charge < -0.3 is 14.6 Å². The molecule has 33 heavy (non-hydrogen) atoms. The normalized spacial score (nSPS) is 13.2. The van der Waals surface area contributed by atoms with Crippen LogP contribution in [0.2, 0.25) is 0 Å². The monoisotopic (exact) mass is 440 g/mol. The summed E-state index contributed by atoms with van der Waals surface area (Å²) in [5, 5.41) is 11.0. The summed E-state index contributed by atoms with van der Waals surface area (Å²) in [7, 11) is 0. The Kier molecular flexibility index (Phi) is 5.56. The molecule has 3 heterocycles. The summed E-state index contributed by atoms with van der Waals surface area (Å²) in [5.41, 5.74) is 2.15. The Labute approximate surface area is 191 Å². The molecule has 4 aromatic rings. The number of aromatic nitrogens is 5. The molecule has 1 saturated carbocycles. The summed E-state index contributed by atoms with van der Waals surface area (Å²) in [6.07, 6.45) is 4.03. The molecule has 8 nitrogen and oxygen atoms in total. The highest BCUT2D eigenvalue weighted by atomic mass is 16.5. The van der Waals surface area contributed by atoms with Crippen molar-refractivity contribution in [1.82, 2.24) is 24.7 Å². The molecule has 5 rings (SSSR count). The van der Waals surface area contributed by atoms with E-state index in [9.17, 15) is 4.79 Å². The topological polar surface area (TPSA) is 94.8 Å². The van der Waals surface area contributed by atoms with Crippen LogP contribution in [0.4, 0.5) is 5.82 Å². The molecule has 1 amide bonds. The summed E-state index contributed by atoms with van der Waals surface area (Å²) < 4.78 is 7.85. The highest BCUT2D eigenvalue weighted by Crippen LogP contribution is 2.39. The molecule has 0 bridgehead atoms. The highest BCUT2D eigenvalue weighted by Gasteiger charge is 2.25. The number of nitrogens with zero attached hydrogens (tertiary/aromatic N) is 5. The third-order valence-electron chi connectivity index (χ3n) is 5.41. The van der Waals surface area contributed by atoms with Crippen molar-refractivity contribution in [3.63, 3.8) is 0 Å². The van der Waals surface area contributed by atoms with Crippen molar-refractivity contribution in [2.45, 2.75) is 38.6 Å². The second kappa shape index (κ2) is 8.82. The van der Waals surface area contributed by atoms with Crippen molar-refractivity contribution in [1.29, 1.82) is 0 Å². The number of ether oxygens (including phenoxy) is 1. The first-order valence-corrected chi connectivity index (χ1v) is 11.0. The average Bonchev–Trinajstić information content (AvgIpc) is 3.55. The molecule has 3 aromatic heterocycles. The molecule has 1 fully saturated rings. The summed E-state index contributed by atoms with van der Waals surface area (Å²) in [5.74, 6) is 2.42. The van der Waals surface area contributed by atoms with Crippen molar-refractivity contribution in [2.24, 2.45) is 0 Å². The van der Waals surface area contributed by atoms with E-state index in [0.717, 1.165) is 5.69 Å². The van der Waals surface area contributed by atoms with Crippen LogP contribution in [0.15, 0.2) is 67.0 Å². The summed E-state index contributed by atoms with van der Waals surface area (Å²) in [6, 6.07) is 18.4. The van der Waals surface area contributed by atoms with Gasteiger partial charge in [-0.2, -0.15) is 0 Å². The maximum atomic E-state index is 12.9. The Balaban J connectivity index is 1.31. The molecule has 0 unspecified atom stereocenters. The molecule has 1 N–H and O–H groups in total. The van der Waals surface area contributed by atoms with E-state index in [0.29, 0.717) is 40.4 Å². The molecule has 1 aliphatic carbocycles. The van der Waals surface area contributed by atoms with Crippen molar-refractivity contribution >= 4 is 11.7 Å². The Morgan fingerprint density at radius 1 is 1.06 bits per heavy atom. The number of hydrogen-bond acceptors (Lipinski definition) is 6. The second-order valence-electron chi connectivity index (χ2n) is 8.32. The molecule has 0 atom stereocenters. The lowest BCUT2D eigenvalue weighted by atomic mass is 10.2. The van der Waals surface area contributed by atoms with Gasteiger partial charge in [-0.3, -0.25) is 4.79 Å².